The van der Waals surface area contributed by atoms with E-state index in [0.29, 0.717) is 30.1 Å². The highest BCUT2D eigenvalue weighted by Gasteiger charge is 2.36. The van der Waals surface area contributed by atoms with Crippen molar-refractivity contribution < 1.29 is 18.3 Å². The van der Waals surface area contributed by atoms with Gasteiger partial charge in [-0.2, -0.15) is 4.39 Å². The number of hydrogen-bond donors (Lipinski definition) is 0. The summed E-state index contributed by atoms with van der Waals surface area (Å²) < 4.78 is 41.1. The third-order valence-electron chi connectivity index (χ3n) is 9.16. The fourth-order valence-electron chi connectivity index (χ4n) is 6.97. The van der Waals surface area contributed by atoms with Gasteiger partial charge in [0.15, 0.2) is 11.6 Å². The Bertz CT molecular complexity index is 798. The predicted octanol–water partition coefficient (Wildman–Crippen LogP) is 8.99. The van der Waals surface area contributed by atoms with Crippen molar-refractivity contribution in [2.45, 2.75) is 109 Å². The van der Waals surface area contributed by atoms with Gasteiger partial charge in [-0.15, -0.1) is 0 Å². The van der Waals surface area contributed by atoms with Gasteiger partial charge in [-0.25, -0.2) is 4.39 Å². The number of benzene rings is 1. The molecule has 0 N–H and O–H groups in total. The molecule has 4 rings (SSSR count). The molecule has 0 bridgehead atoms. The second kappa shape index (κ2) is 13.2. The van der Waals surface area contributed by atoms with Gasteiger partial charge < -0.3 is 9.47 Å². The molecular weight excluding hydrogens is 442 g/mol. The lowest BCUT2D eigenvalue weighted by Gasteiger charge is -2.41. The number of rotatable bonds is 9. The highest BCUT2D eigenvalue weighted by atomic mass is 19.2. The van der Waals surface area contributed by atoms with Gasteiger partial charge >= 0.3 is 0 Å². The largest absolute Gasteiger partial charge is 0.490 e. The van der Waals surface area contributed by atoms with E-state index in [4.69, 9.17) is 9.47 Å². The molecule has 1 aromatic carbocycles. The maximum Gasteiger partial charge on any atom is 0.200 e. The first-order valence-corrected chi connectivity index (χ1v) is 14.4. The molecule has 0 aromatic heterocycles. The van der Waals surface area contributed by atoms with Crippen LogP contribution >= 0.6 is 0 Å². The number of halogens is 2. The summed E-state index contributed by atoms with van der Waals surface area (Å²) in [6.07, 6.45) is 20.3. The van der Waals surface area contributed by atoms with E-state index in [-0.39, 0.29) is 11.7 Å². The van der Waals surface area contributed by atoms with E-state index in [9.17, 15) is 8.78 Å². The molecule has 2 atom stereocenters. The first kappa shape index (κ1) is 26.6. The van der Waals surface area contributed by atoms with Gasteiger partial charge in [-0.3, -0.25) is 0 Å². The summed E-state index contributed by atoms with van der Waals surface area (Å²) in [6, 6.07) is 3.36. The average Bonchev–Trinajstić information content (AvgIpc) is 2.90. The van der Waals surface area contributed by atoms with Crippen LogP contribution in [0.5, 0.6) is 5.75 Å². The molecule has 0 amide bonds. The lowest BCUT2D eigenvalue weighted by molar-refractivity contribution is -0.0732. The summed E-state index contributed by atoms with van der Waals surface area (Å²) in [6.45, 7) is 5.37. The molecule has 4 heteroatoms. The molecule has 3 aliphatic rings. The van der Waals surface area contributed by atoms with Crippen molar-refractivity contribution in [2.24, 2.45) is 23.7 Å². The summed E-state index contributed by atoms with van der Waals surface area (Å²) in [5.41, 5.74) is 0.533. The summed E-state index contributed by atoms with van der Waals surface area (Å²) in [5, 5.41) is 0. The summed E-state index contributed by atoms with van der Waals surface area (Å²) >= 11 is 0. The zero-order valence-corrected chi connectivity index (χ0v) is 22.0. The van der Waals surface area contributed by atoms with Crippen LogP contribution in [0.2, 0.25) is 0 Å². The first-order valence-electron chi connectivity index (χ1n) is 14.4. The number of ether oxygens (including phenoxy) is 2. The SMILES string of the molecule is C/C=C/CCC1CCC(C2CCC(C3CCC(c4ccc(OCCC)c(F)c4F)CC3)CO2)CC1. The second-order valence-electron chi connectivity index (χ2n) is 11.4. The van der Waals surface area contributed by atoms with Crippen LogP contribution < -0.4 is 4.74 Å². The van der Waals surface area contributed by atoms with Crippen molar-refractivity contribution in [3.63, 3.8) is 0 Å². The third-order valence-corrected chi connectivity index (χ3v) is 9.16. The zero-order valence-electron chi connectivity index (χ0n) is 22.0. The second-order valence-corrected chi connectivity index (χ2v) is 11.4. The Hall–Kier alpha value is -1.42. The Morgan fingerprint density at radius 1 is 0.886 bits per heavy atom. The average molecular weight is 489 g/mol. The van der Waals surface area contributed by atoms with Crippen molar-refractivity contribution in [3.8, 4) is 5.75 Å². The molecule has 35 heavy (non-hydrogen) atoms. The smallest absolute Gasteiger partial charge is 0.200 e. The molecule has 1 saturated heterocycles. The van der Waals surface area contributed by atoms with Gasteiger partial charge in [0.05, 0.1) is 19.3 Å². The van der Waals surface area contributed by atoms with Crippen LogP contribution in [-0.2, 0) is 4.74 Å². The Labute approximate surface area is 211 Å². The van der Waals surface area contributed by atoms with Crippen LogP contribution in [0.3, 0.4) is 0 Å². The normalized spacial score (nSPS) is 32.1. The van der Waals surface area contributed by atoms with Crippen LogP contribution in [0.1, 0.15) is 109 Å². The van der Waals surface area contributed by atoms with Crippen molar-refractivity contribution in [3.05, 3.63) is 41.5 Å². The molecule has 1 aromatic rings. The predicted molar refractivity (Wildman–Crippen MR) is 139 cm³/mol. The van der Waals surface area contributed by atoms with E-state index < -0.39 is 11.6 Å². The summed E-state index contributed by atoms with van der Waals surface area (Å²) in [4.78, 5) is 0. The minimum absolute atomic E-state index is 0.0397. The van der Waals surface area contributed by atoms with Crippen LogP contribution in [-0.4, -0.2) is 19.3 Å². The number of hydrogen-bond acceptors (Lipinski definition) is 2. The molecule has 1 aliphatic heterocycles. The Balaban J connectivity index is 1.20. The van der Waals surface area contributed by atoms with Gasteiger partial charge in [0, 0.05) is 0 Å². The van der Waals surface area contributed by atoms with Crippen LogP contribution in [0.15, 0.2) is 24.3 Å². The van der Waals surface area contributed by atoms with Crippen LogP contribution in [0.4, 0.5) is 8.78 Å². The minimum atomic E-state index is -0.823. The van der Waals surface area contributed by atoms with Crippen LogP contribution in [0, 0.1) is 35.3 Å². The zero-order chi connectivity index (χ0) is 24.6. The Morgan fingerprint density at radius 3 is 2.26 bits per heavy atom. The van der Waals surface area contributed by atoms with Gasteiger partial charge in [-0.05, 0) is 119 Å². The van der Waals surface area contributed by atoms with Crippen molar-refractivity contribution in [1.29, 1.82) is 0 Å². The Kier molecular flexibility index (Phi) is 10.1. The van der Waals surface area contributed by atoms with E-state index in [2.05, 4.69) is 19.1 Å². The molecule has 2 unspecified atom stereocenters. The molecule has 0 radical (unpaired) electrons. The fraction of sp³-hybridized carbons (Fsp3) is 0.742. The van der Waals surface area contributed by atoms with E-state index in [0.717, 1.165) is 50.5 Å². The summed E-state index contributed by atoms with van der Waals surface area (Å²) in [5.74, 6) is 1.59. The molecule has 3 fully saturated rings. The van der Waals surface area contributed by atoms with Crippen molar-refractivity contribution >= 4 is 0 Å². The van der Waals surface area contributed by atoms with E-state index >= 15 is 0 Å². The molecule has 0 spiro atoms. The molecule has 2 nitrogen and oxygen atoms in total. The topological polar surface area (TPSA) is 18.5 Å². The highest BCUT2D eigenvalue weighted by molar-refractivity contribution is 5.33. The first-order chi connectivity index (χ1) is 17.1. The van der Waals surface area contributed by atoms with E-state index in [1.165, 1.54) is 51.4 Å². The monoisotopic (exact) mass is 488 g/mol. The highest BCUT2D eigenvalue weighted by Crippen LogP contribution is 2.44. The minimum Gasteiger partial charge on any atom is -0.490 e. The van der Waals surface area contributed by atoms with E-state index in [1.54, 1.807) is 12.1 Å². The molecule has 2 aliphatic carbocycles. The van der Waals surface area contributed by atoms with Crippen molar-refractivity contribution in [2.75, 3.05) is 13.2 Å². The van der Waals surface area contributed by atoms with Gasteiger partial charge in [0.2, 0.25) is 5.82 Å². The Morgan fingerprint density at radius 2 is 1.60 bits per heavy atom. The lowest BCUT2D eigenvalue weighted by Crippen LogP contribution is -2.37. The molecule has 196 valence electrons. The quantitative estimate of drug-likeness (QED) is 0.323. The van der Waals surface area contributed by atoms with Gasteiger partial charge in [-0.1, -0.05) is 38.0 Å². The molecule has 2 saturated carbocycles. The molecular formula is C31H46F2O2. The maximum atomic E-state index is 14.8. The standard InChI is InChI=1S/C31H46F2O2/c1-3-5-6-7-22-8-10-25(11-9-22)28-18-16-26(21-35-28)23-12-14-24(15-13-23)27-17-19-29(34-20-4-2)31(33)30(27)32/h3,5,17,19,22-26,28H,4,6-16,18,20-21H2,1-2H3/b5-3+. The van der Waals surface area contributed by atoms with Crippen LogP contribution in [0.25, 0.3) is 0 Å². The van der Waals surface area contributed by atoms with Gasteiger partial charge in [0.25, 0.3) is 0 Å². The molecule has 1 heterocycles. The summed E-state index contributed by atoms with van der Waals surface area (Å²) in [7, 11) is 0. The fourth-order valence-corrected chi connectivity index (χ4v) is 6.97. The third kappa shape index (κ3) is 6.87. The maximum absolute atomic E-state index is 14.8. The number of allylic oxidation sites excluding steroid dienone is 2. The van der Waals surface area contributed by atoms with Crippen molar-refractivity contribution in [1.82, 2.24) is 0 Å². The lowest BCUT2D eigenvalue weighted by atomic mass is 9.71. The van der Waals surface area contributed by atoms with Gasteiger partial charge in [0.1, 0.15) is 0 Å². The van der Waals surface area contributed by atoms with E-state index in [1.807, 2.05) is 6.92 Å².